The minimum absolute atomic E-state index is 0.0202. The van der Waals surface area contributed by atoms with Gasteiger partial charge in [0, 0.05) is 40.3 Å². The average Bonchev–Trinajstić information content (AvgIpc) is 2.97. The summed E-state index contributed by atoms with van der Waals surface area (Å²) in [6, 6.07) is 0.0202. The number of hydrogen-bond donors (Lipinski definition) is 1. The molecule has 114 valence electrons. The molecule has 1 unspecified atom stereocenters. The van der Waals surface area contributed by atoms with E-state index in [2.05, 4.69) is 5.32 Å². The molecule has 2 fully saturated rings. The van der Waals surface area contributed by atoms with Gasteiger partial charge < -0.3 is 19.9 Å². The third-order valence-corrected chi connectivity index (χ3v) is 4.55. The van der Waals surface area contributed by atoms with Crippen LogP contribution in [0.2, 0.25) is 0 Å². The van der Waals surface area contributed by atoms with Gasteiger partial charge >= 0.3 is 6.03 Å². The second-order valence-electron chi connectivity index (χ2n) is 5.70. The Kier molecular flexibility index (Phi) is 5.23. The number of nitrogens with zero attached hydrogens (tertiary/aromatic N) is 2. The number of amides is 3. The van der Waals surface area contributed by atoms with Crippen LogP contribution < -0.4 is 5.32 Å². The van der Waals surface area contributed by atoms with Crippen molar-refractivity contribution in [2.75, 3.05) is 46.9 Å². The van der Waals surface area contributed by atoms with Crippen molar-refractivity contribution in [1.29, 1.82) is 0 Å². The van der Waals surface area contributed by atoms with Crippen molar-refractivity contribution < 1.29 is 14.3 Å². The molecule has 0 radical (unpaired) electrons. The first-order valence-electron chi connectivity index (χ1n) is 7.39. The SMILES string of the molecule is CNC(=O)N1CCC(C2CCN(C(=O)COC)C2)CC1. The quantitative estimate of drug-likeness (QED) is 0.822. The van der Waals surface area contributed by atoms with Crippen LogP contribution in [0.5, 0.6) is 0 Å². The molecule has 0 aromatic carbocycles. The topological polar surface area (TPSA) is 61.9 Å². The highest BCUT2D eigenvalue weighted by Crippen LogP contribution is 2.31. The highest BCUT2D eigenvalue weighted by atomic mass is 16.5. The van der Waals surface area contributed by atoms with Crippen LogP contribution >= 0.6 is 0 Å². The van der Waals surface area contributed by atoms with Crippen molar-refractivity contribution in [2.45, 2.75) is 19.3 Å². The number of carbonyl (C=O) groups excluding carboxylic acids is 2. The first-order chi connectivity index (χ1) is 9.65. The van der Waals surface area contributed by atoms with Gasteiger partial charge in [0.2, 0.25) is 5.91 Å². The second kappa shape index (κ2) is 6.92. The maximum Gasteiger partial charge on any atom is 0.317 e. The third kappa shape index (κ3) is 3.42. The number of urea groups is 1. The minimum atomic E-state index is 0.0202. The van der Waals surface area contributed by atoms with E-state index in [-0.39, 0.29) is 18.5 Å². The Balaban J connectivity index is 1.78. The number of likely N-dealkylation sites (tertiary alicyclic amines) is 2. The van der Waals surface area contributed by atoms with Gasteiger partial charge in [-0.05, 0) is 31.1 Å². The summed E-state index contributed by atoms with van der Waals surface area (Å²) in [5.74, 6) is 1.32. The molecule has 0 spiro atoms. The van der Waals surface area contributed by atoms with Gasteiger partial charge in [-0.15, -0.1) is 0 Å². The molecule has 6 nitrogen and oxygen atoms in total. The molecule has 6 heteroatoms. The molecule has 2 heterocycles. The van der Waals surface area contributed by atoms with Crippen molar-refractivity contribution >= 4 is 11.9 Å². The molecule has 0 bridgehead atoms. The van der Waals surface area contributed by atoms with E-state index in [4.69, 9.17) is 4.74 Å². The molecule has 0 aliphatic carbocycles. The standard InChI is InChI=1S/C14H25N3O3/c1-15-14(19)16-6-3-11(4-7-16)12-5-8-17(9-12)13(18)10-20-2/h11-12H,3-10H2,1-2H3,(H,15,19). The van der Waals surface area contributed by atoms with E-state index in [1.54, 1.807) is 14.2 Å². The lowest BCUT2D eigenvalue weighted by molar-refractivity contribution is -0.134. The van der Waals surface area contributed by atoms with E-state index in [0.29, 0.717) is 11.8 Å². The maximum atomic E-state index is 11.8. The van der Waals surface area contributed by atoms with E-state index in [1.807, 2.05) is 9.80 Å². The predicted molar refractivity (Wildman–Crippen MR) is 75.3 cm³/mol. The van der Waals surface area contributed by atoms with Gasteiger partial charge in [-0.25, -0.2) is 4.79 Å². The maximum absolute atomic E-state index is 11.8. The average molecular weight is 283 g/mol. The van der Waals surface area contributed by atoms with Crippen molar-refractivity contribution in [2.24, 2.45) is 11.8 Å². The molecule has 1 N–H and O–H groups in total. The van der Waals surface area contributed by atoms with Crippen molar-refractivity contribution in [1.82, 2.24) is 15.1 Å². The van der Waals surface area contributed by atoms with Crippen LogP contribution in [-0.4, -0.2) is 68.7 Å². The molecular formula is C14H25N3O3. The summed E-state index contributed by atoms with van der Waals surface area (Å²) in [6.07, 6.45) is 3.18. The van der Waals surface area contributed by atoms with E-state index in [1.165, 1.54) is 0 Å². The zero-order valence-electron chi connectivity index (χ0n) is 12.4. The molecule has 3 amide bonds. The fourth-order valence-electron chi connectivity index (χ4n) is 3.35. The van der Waals surface area contributed by atoms with Gasteiger partial charge in [0.05, 0.1) is 0 Å². The molecule has 2 saturated heterocycles. The Morgan fingerprint density at radius 2 is 1.70 bits per heavy atom. The van der Waals surface area contributed by atoms with Crippen LogP contribution in [0.3, 0.4) is 0 Å². The van der Waals surface area contributed by atoms with Crippen LogP contribution in [0.15, 0.2) is 0 Å². The van der Waals surface area contributed by atoms with Gasteiger partial charge in [-0.2, -0.15) is 0 Å². The zero-order chi connectivity index (χ0) is 14.5. The summed E-state index contributed by atoms with van der Waals surface area (Å²) in [5, 5.41) is 2.68. The lowest BCUT2D eigenvalue weighted by Gasteiger charge is -2.34. The van der Waals surface area contributed by atoms with Crippen LogP contribution in [0.4, 0.5) is 4.79 Å². The van der Waals surface area contributed by atoms with E-state index < -0.39 is 0 Å². The van der Waals surface area contributed by atoms with Crippen LogP contribution in [0, 0.1) is 11.8 Å². The highest BCUT2D eigenvalue weighted by molar-refractivity contribution is 5.77. The van der Waals surface area contributed by atoms with Crippen LogP contribution in [-0.2, 0) is 9.53 Å². The number of hydrogen-bond acceptors (Lipinski definition) is 3. The largest absolute Gasteiger partial charge is 0.375 e. The predicted octanol–water partition coefficient (Wildman–Crippen LogP) is 0.533. The molecule has 2 aliphatic rings. The van der Waals surface area contributed by atoms with Gasteiger partial charge in [0.1, 0.15) is 6.61 Å². The smallest absolute Gasteiger partial charge is 0.317 e. The van der Waals surface area contributed by atoms with Gasteiger partial charge in [-0.1, -0.05) is 0 Å². The summed E-state index contributed by atoms with van der Waals surface area (Å²) in [6.45, 7) is 3.54. The fraction of sp³-hybridized carbons (Fsp3) is 0.857. The van der Waals surface area contributed by atoms with Crippen LogP contribution in [0.25, 0.3) is 0 Å². The zero-order valence-corrected chi connectivity index (χ0v) is 12.4. The lowest BCUT2D eigenvalue weighted by atomic mass is 9.84. The molecule has 0 aromatic heterocycles. The van der Waals surface area contributed by atoms with Gasteiger partial charge in [0.15, 0.2) is 0 Å². The summed E-state index contributed by atoms with van der Waals surface area (Å²) >= 11 is 0. The highest BCUT2D eigenvalue weighted by Gasteiger charge is 2.34. The minimum Gasteiger partial charge on any atom is -0.375 e. The van der Waals surface area contributed by atoms with E-state index in [9.17, 15) is 9.59 Å². The van der Waals surface area contributed by atoms with Crippen molar-refractivity contribution in [3.8, 4) is 0 Å². The molecular weight excluding hydrogens is 258 g/mol. The van der Waals surface area contributed by atoms with Crippen molar-refractivity contribution in [3.05, 3.63) is 0 Å². The normalized spacial score (nSPS) is 24.0. The Labute approximate surface area is 120 Å². The van der Waals surface area contributed by atoms with Gasteiger partial charge in [-0.3, -0.25) is 4.79 Å². The molecule has 0 aromatic rings. The summed E-state index contributed by atoms with van der Waals surface area (Å²) in [4.78, 5) is 27.1. The van der Waals surface area contributed by atoms with E-state index in [0.717, 1.165) is 45.4 Å². The Morgan fingerprint density at radius 1 is 1.10 bits per heavy atom. The number of ether oxygens (including phenoxy) is 1. The van der Waals surface area contributed by atoms with E-state index >= 15 is 0 Å². The van der Waals surface area contributed by atoms with Gasteiger partial charge in [0.25, 0.3) is 0 Å². The molecule has 2 aliphatic heterocycles. The molecule has 0 saturated carbocycles. The Morgan fingerprint density at radius 3 is 2.30 bits per heavy atom. The van der Waals surface area contributed by atoms with Crippen molar-refractivity contribution in [3.63, 3.8) is 0 Å². The Bertz CT molecular complexity index is 354. The monoisotopic (exact) mass is 283 g/mol. The summed E-state index contributed by atoms with van der Waals surface area (Å²) < 4.78 is 4.91. The van der Waals surface area contributed by atoms with Crippen LogP contribution in [0.1, 0.15) is 19.3 Å². The number of methoxy groups -OCH3 is 1. The number of nitrogens with one attached hydrogen (secondary N) is 1. The molecule has 1 atom stereocenters. The number of rotatable bonds is 3. The number of carbonyl (C=O) groups is 2. The first kappa shape index (κ1) is 15.1. The Hall–Kier alpha value is -1.30. The summed E-state index contributed by atoms with van der Waals surface area (Å²) in [5.41, 5.74) is 0. The molecule has 2 rings (SSSR count). The first-order valence-corrected chi connectivity index (χ1v) is 7.39. The molecule has 20 heavy (non-hydrogen) atoms. The third-order valence-electron chi connectivity index (χ3n) is 4.55. The summed E-state index contributed by atoms with van der Waals surface area (Å²) in [7, 11) is 3.23. The number of piperidine rings is 1. The second-order valence-corrected chi connectivity index (χ2v) is 5.70. The lowest BCUT2D eigenvalue weighted by Crippen LogP contribution is -2.44. The fourth-order valence-corrected chi connectivity index (χ4v) is 3.35.